The molecule has 9 heteroatoms. The normalized spacial score (nSPS) is 18.2. The molecule has 1 fully saturated rings. The molecule has 2 rings (SSSR count). The molecule has 1 heterocycles. The summed E-state index contributed by atoms with van der Waals surface area (Å²) in [6.45, 7) is 5.60. The topological polar surface area (TPSA) is 108 Å². The molecule has 140 valence electrons. The quantitative estimate of drug-likeness (QED) is 0.405. The van der Waals surface area contributed by atoms with E-state index in [-0.39, 0.29) is 28.8 Å². The fourth-order valence-corrected chi connectivity index (χ4v) is 3.83. The molecule has 0 aliphatic carbocycles. The third-order valence-electron chi connectivity index (χ3n) is 4.57. The minimum absolute atomic E-state index is 0.0128. The van der Waals surface area contributed by atoms with Crippen LogP contribution in [0.3, 0.4) is 0 Å². The lowest BCUT2D eigenvalue weighted by atomic mass is 9.82. The molecule has 8 nitrogen and oxygen atoms in total. The number of benzene rings is 1. The Morgan fingerprint density at radius 3 is 2.40 bits per heavy atom. The van der Waals surface area contributed by atoms with Gasteiger partial charge in [0, 0.05) is 24.1 Å². The van der Waals surface area contributed by atoms with Crippen LogP contribution >= 0.6 is 0 Å². The first-order valence-electron chi connectivity index (χ1n) is 8.26. The zero-order valence-electron chi connectivity index (χ0n) is 14.4. The molecule has 0 spiro atoms. The van der Waals surface area contributed by atoms with E-state index in [0.29, 0.717) is 19.6 Å². The Morgan fingerprint density at radius 1 is 1.28 bits per heavy atom. The van der Waals surface area contributed by atoms with Gasteiger partial charge in [-0.1, -0.05) is 13.8 Å². The Hall–Kier alpha value is -1.55. The fraction of sp³-hybridized carbons (Fsp3) is 0.625. The number of nitrogens with zero attached hydrogens (tertiary/aromatic N) is 1. The smallest absolute Gasteiger partial charge is 0.269 e. The fourth-order valence-electron chi connectivity index (χ4n) is 2.75. The molecular weight excluding hydrogens is 348 g/mol. The third-order valence-corrected chi connectivity index (χ3v) is 6.05. The van der Waals surface area contributed by atoms with Crippen molar-refractivity contribution in [2.24, 2.45) is 5.41 Å². The molecule has 0 radical (unpaired) electrons. The van der Waals surface area contributed by atoms with Gasteiger partial charge in [-0.25, -0.2) is 13.1 Å². The molecule has 0 saturated carbocycles. The number of ether oxygens (including phenoxy) is 2. The van der Waals surface area contributed by atoms with Crippen molar-refractivity contribution in [3.05, 3.63) is 34.4 Å². The van der Waals surface area contributed by atoms with Crippen molar-refractivity contribution >= 4 is 15.7 Å². The van der Waals surface area contributed by atoms with Crippen molar-refractivity contribution in [3.8, 4) is 0 Å². The van der Waals surface area contributed by atoms with Crippen molar-refractivity contribution in [1.82, 2.24) is 4.72 Å². The van der Waals surface area contributed by atoms with Gasteiger partial charge in [-0.05, 0) is 31.4 Å². The average molecular weight is 372 g/mol. The summed E-state index contributed by atoms with van der Waals surface area (Å²) in [6.07, 6.45) is 2.02. The third kappa shape index (κ3) is 4.97. The number of nitrogens with one attached hydrogen (secondary N) is 1. The summed E-state index contributed by atoms with van der Waals surface area (Å²) in [5, 5.41) is 10.6. The lowest BCUT2D eigenvalue weighted by Crippen LogP contribution is -2.34. The lowest BCUT2D eigenvalue weighted by molar-refractivity contribution is -0.384. The summed E-state index contributed by atoms with van der Waals surface area (Å²) in [4.78, 5) is 10.1. The van der Waals surface area contributed by atoms with Crippen LogP contribution in [0.5, 0.6) is 0 Å². The maximum Gasteiger partial charge on any atom is 0.269 e. The van der Waals surface area contributed by atoms with Crippen molar-refractivity contribution < 1.29 is 22.8 Å². The van der Waals surface area contributed by atoms with Crippen molar-refractivity contribution in [3.63, 3.8) is 0 Å². The van der Waals surface area contributed by atoms with Crippen LogP contribution in [0.2, 0.25) is 0 Å². The zero-order chi connectivity index (χ0) is 18.5. The van der Waals surface area contributed by atoms with Gasteiger partial charge in [-0.15, -0.1) is 0 Å². The first kappa shape index (κ1) is 19.8. The molecule has 1 saturated heterocycles. The number of nitro groups is 1. The SMILES string of the molecule is CC[C@](C)(CCCNS(=O)(=O)c1ccc([N+](=O)[O-])cc1)C1OCCO1. The van der Waals surface area contributed by atoms with Crippen LogP contribution in [0.1, 0.15) is 33.1 Å². The minimum atomic E-state index is -3.68. The Bertz CT molecular complexity index is 685. The first-order valence-corrected chi connectivity index (χ1v) is 9.74. The molecule has 0 bridgehead atoms. The van der Waals surface area contributed by atoms with Crippen molar-refractivity contribution in [2.45, 2.75) is 44.3 Å². The summed E-state index contributed by atoms with van der Waals surface area (Å²) in [5.74, 6) is 0. The van der Waals surface area contributed by atoms with Crippen molar-refractivity contribution in [2.75, 3.05) is 19.8 Å². The van der Waals surface area contributed by atoms with Gasteiger partial charge in [-0.2, -0.15) is 0 Å². The Balaban J connectivity index is 1.88. The van der Waals surface area contributed by atoms with E-state index in [1.54, 1.807) is 0 Å². The van der Waals surface area contributed by atoms with Crippen LogP contribution in [0.15, 0.2) is 29.2 Å². The van der Waals surface area contributed by atoms with E-state index in [4.69, 9.17) is 9.47 Å². The van der Waals surface area contributed by atoms with Gasteiger partial charge in [0.05, 0.1) is 23.0 Å². The predicted molar refractivity (Wildman–Crippen MR) is 91.6 cm³/mol. The molecule has 1 aromatic carbocycles. The van der Waals surface area contributed by atoms with Crippen molar-refractivity contribution in [1.29, 1.82) is 0 Å². The van der Waals surface area contributed by atoms with Gasteiger partial charge < -0.3 is 9.47 Å². The predicted octanol–water partition coefficient (Wildman–Crippen LogP) is 2.44. The van der Waals surface area contributed by atoms with E-state index >= 15 is 0 Å². The summed E-state index contributed by atoms with van der Waals surface area (Å²) in [6, 6.07) is 4.82. The van der Waals surface area contributed by atoms with E-state index < -0.39 is 14.9 Å². The molecule has 1 aromatic rings. The molecule has 0 unspecified atom stereocenters. The highest BCUT2D eigenvalue weighted by molar-refractivity contribution is 7.89. The van der Waals surface area contributed by atoms with Crippen LogP contribution in [0.4, 0.5) is 5.69 Å². The van der Waals surface area contributed by atoms with Gasteiger partial charge in [0.25, 0.3) is 5.69 Å². The maximum atomic E-state index is 12.2. The van der Waals surface area contributed by atoms with Gasteiger partial charge in [0.15, 0.2) is 6.29 Å². The molecule has 1 atom stereocenters. The first-order chi connectivity index (χ1) is 11.8. The largest absolute Gasteiger partial charge is 0.350 e. The Morgan fingerprint density at radius 2 is 1.88 bits per heavy atom. The molecule has 1 aliphatic rings. The van der Waals surface area contributed by atoms with Gasteiger partial charge >= 0.3 is 0 Å². The summed E-state index contributed by atoms with van der Waals surface area (Å²) >= 11 is 0. The second-order valence-corrected chi connectivity index (χ2v) is 8.10. The molecular formula is C16H24N2O6S. The van der Waals surface area contributed by atoms with Crippen LogP contribution in [-0.2, 0) is 19.5 Å². The van der Waals surface area contributed by atoms with Crippen LogP contribution in [0, 0.1) is 15.5 Å². The average Bonchev–Trinajstić information content (AvgIpc) is 3.14. The highest BCUT2D eigenvalue weighted by atomic mass is 32.2. The van der Waals surface area contributed by atoms with Gasteiger partial charge in [-0.3, -0.25) is 10.1 Å². The Labute approximate surface area is 147 Å². The lowest BCUT2D eigenvalue weighted by Gasteiger charge is -2.33. The molecule has 1 N–H and O–H groups in total. The van der Waals surface area contributed by atoms with Crippen LogP contribution < -0.4 is 4.72 Å². The van der Waals surface area contributed by atoms with E-state index in [2.05, 4.69) is 18.6 Å². The molecule has 0 amide bonds. The monoisotopic (exact) mass is 372 g/mol. The summed E-state index contributed by atoms with van der Waals surface area (Å²) in [7, 11) is -3.68. The number of hydrogen-bond acceptors (Lipinski definition) is 6. The van der Waals surface area contributed by atoms with E-state index in [1.807, 2.05) is 0 Å². The highest BCUT2D eigenvalue weighted by Gasteiger charge is 2.36. The molecule has 0 aromatic heterocycles. The second-order valence-electron chi connectivity index (χ2n) is 6.33. The standard InChI is InChI=1S/C16H24N2O6S/c1-3-16(2,15-23-11-12-24-15)9-4-10-17-25(21,22)14-7-5-13(6-8-14)18(19)20/h5-8,15,17H,3-4,9-12H2,1-2H3/t16-/m1/s1. The number of sulfonamides is 1. The molecule has 1 aliphatic heterocycles. The number of non-ortho nitro benzene ring substituents is 1. The second kappa shape index (κ2) is 8.22. The summed E-state index contributed by atoms with van der Waals surface area (Å²) in [5.41, 5.74) is -0.302. The van der Waals surface area contributed by atoms with E-state index in [9.17, 15) is 18.5 Å². The highest BCUT2D eigenvalue weighted by Crippen LogP contribution is 2.35. The number of rotatable bonds is 9. The zero-order valence-corrected chi connectivity index (χ0v) is 15.3. The van der Waals surface area contributed by atoms with Gasteiger partial charge in [0.1, 0.15) is 0 Å². The number of nitro benzene ring substituents is 1. The molecule has 25 heavy (non-hydrogen) atoms. The van der Waals surface area contributed by atoms with Crippen LogP contribution in [-0.4, -0.2) is 39.4 Å². The van der Waals surface area contributed by atoms with E-state index in [0.717, 1.165) is 12.8 Å². The van der Waals surface area contributed by atoms with Crippen LogP contribution in [0.25, 0.3) is 0 Å². The number of hydrogen-bond donors (Lipinski definition) is 1. The van der Waals surface area contributed by atoms with Gasteiger partial charge in [0.2, 0.25) is 10.0 Å². The Kier molecular flexibility index (Phi) is 6.50. The summed E-state index contributed by atoms with van der Waals surface area (Å²) < 4.78 is 38.2. The minimum Gasteiger partial charge on any atom is -0.350 e. The maximum absolute atomic E-state index is 12.2. The van der Waals surface area contributed by atoms with E-state index in [1.165, 1.54) is 24.3 Å².